The second kappa shape index (κ2) is 5.24. The number of hydrazine groups is 1. The summed E-state index contributed by atoms with van der Waals surface area (Å²) in [7, 11) is 1.28. The van der Waals surface area contributed by atoms with Crippen molar-refractivity contribution in [3.63, 3.8) is 0 Å². The van der Waals surface area contributed by atoms with Crippen LogP contribution in [0.1, 0.15) is 0 Å². The smallest absolute Gasteiger partial charge is 0.218 e. The molecular weight excluding hydrogens is 250 g/mol. The highest BCUT2D eigenvalue weighted by molar-refractivity contribution is 7.70. The molecule has 0 unspecified atom stereocenters. The Morgan fingerprint density at radius 3 is 2.33 bits per heavy atom. The van der Waals surface area contributed by atoms with E-state index in [1.165, 1.54) is 0 Å². The third kappa shape index (κ3) is 2.55. The largest absolute Gasteiger partial charge is 0.377 e. The van der Waals surface area contributed by atoms with Crippen LogP contribution in [0.4, 0.5) is 11.4 Å². The van der Waals surface area contributed by atoms with E-state index in [-0.39, 0.29) is 0 Å². The van der Waals surface area contributed by atoms with Crippen LogP contribution >= 0.6 is 0 Å². The number of rotatable bonds is 4. The van der Waals surface area contributed by atoms with E-state index in [2.05, 4.69) is 10.3 Å². The summed E-state index contributed by atoms with van der Waals surface area (Å²) in [5, 5.41) is 2.03. The molecule has 0 aliphatic carbocycles. The number of thiol groups is 1. The fourth-order valence-corrected chi connectivity index (χ4v) is 2.11. The third-order valence-electron chi connectivity index (χ3n) is 2.66. The Hall–Kier alpha value is -1.79. The van der Waals surface area contributed by atoms with Gasteiger partial charge in [0.05, 0.1) is 5.69 Å². The number of fused-ring (bicyclic) bond motifs is 1. The normalized spacial score (nSPS) is 10.8. The molecule has 0 bridgehead atoms. The molecule has 0 heterocycles. The molecule has 0 fully saturated rings. The predicted octanol–water partition coefficient (Wildman–Crippen LogP) is 1.35. The molecule has 0 atom stereocenters. The standard InChI is InChI=1S/C12H15N3O2S/c1-15(2)12-8-4-5-9-10(12)6-3-7-11(9)13-14-18(16)17/h3-8,13,18H,1-2H3,(H,14,16,17). The molecule has 0 saturated heterocycles. The van der Waals surface area contributed by atoms with E-state index in [1.807, 2.05) is 55.4 Å². The molecule has 0 spiro atoms. The molecule has 96 valence electrons. The van der Waals surface area contributed by atoms with Crippen molar-refractivity contribution in [2.45, 2.75) is 0 Å². The molecule has 2 aromatic carbocycles. The summed E-state index contributed by atoms with van der Waals surface area (Å²) in [6.07, 6.45) is 0. The first-order valence-electron chi connectivity index (χ1n) is 5.44. The van der Waals surface area contributed by atoms with Crippen LogP contribution in [0.2, 0.25) is 0 Å². The molecule has 0 aliphatic rings. The second-order valence-electron chi connectivity index (χ2n) is 4.07. The molecule has 6 heteroatoms. The van der Waals surface area contributed by atoms with Crippen LogP contribution < -0.4 is 15.2 Å². The summed E-state index contributed by atoms with van der Waals surface area (Å²) >= 11 is 0. The average molecular weight is 265 g/mol. The van der Waals surface area contributed by atoms with Gasteiger partial charge in [-0.1, -0.05) is 24.3 Å². The van der Waals surface area contributed by atoms with E-state index in [1.54, 1.807) is 0 Å². The van der Waals surface area contributed by atoms with E-state index in [0.717, 1.165) is 22.1 Å². The molecule has 0 aliphatic heterocycles. The second-order valence-corrected chi connectivity index (χ2v) is 4.80. The van der Waals surface area contributed by atoms with Crippen molar-refractivity contribution in [1.82, 2.24) is 4.83 Å². The van der Waals surface area contributed by atoms with Gasteiger partial charge in [0.15, 0.2) is 0 Å². The van der Waals surface area contributed by atoms with Crippen molar-refractivity contribution in [1.29, 1.82) is 0 Å². The lowest BCUT2D eigenvalue weighted by Crippen LogP contribution is -2.19. The van der Waals surface area contributed by atoms with Crippen molar-refractivity contribution in [3.05, 3.63) is 36.4 Å². The number of nitrogens with one attached hydrogen (secondary N) is 2. The Morgan fingerprint density at radius 2 is 1.67 bits per heavy atom. The summed E-state index contributed by atoms with van der Waals surface area (Å²) in [4.78, 5) is 4.21. The number of benzene rings is 2. The molecule has 0 aromatic heterocycles. The fraction of sp³-hybridized carbons (Fsp3) is 0.167. The maximum Gasteiger partial charge on any atom is 0.218 e. The van der Waals surface area contributed by atoms with Crippen LogP contribution in [0, 0.1) is 0 Å². The first-order valence-corrected chi connectivity index (χ1v) is 6.62. The van der Waals surface area contributed by atoms with Gasteiger partial charge in [-0.15, -0.1) is 4.83 Å². The van der Waals surface area contributed by atoms with Crippen molar-refractivity contribution in [2.24, 2.45) is 0 Å². The van der Waals surface area contributed by atoms with Crippen molar-refractivity contribution >= 4 is 33.0 Å². The van der Waals surface area contributed by atoms with E-state index >= 15 is 0 Å². The zero-order valence-corrected chi connectivity index (χ0v) is 11.1. The Labute approximate surface area is 107 Å². The van der Waals surface area contributed by atoms with E-state index < -0.39 is 10.9 Å². The van der Waals surface area contributed by atoms with Gasteiger partial charge in [-0.25, -0.2) is 8.42 Å². The Bertz CT molecular complexity index is 630. The van der Waals surface area contributed by atoms with Gasteiger partial charge in [0.25, 0.3) is 0 Å². The molecule has 0 radical (unpaired) electrons. The minimum atomic E-state index is -2.67. The van der Waals surface area contributed by atoms with Crippen LogP contribution in [0.3, 0.4) is 0 Å². The van der Waals surface area contributed by atoms with Gasteiger partial charge in [-0.3, -0.25) is 0 Å². The Morgan fingerprint density at radius 1 is 1.00 bits per heavy atom. The molecule has 2 N–H and O–H groups in total. The molecule has 5 nitrogen and oxygen atoms in total. The summed E-state index contributed by atoms with van der Waals surface area (Å²) < 4.78 is 21.1. The highest BCUT2D eigenvalue weighted by atomic mass is 32.2. The van der Waals surface area contributed by atoms with Gasteiger partial charge in [0.2, 0.25) is 10.9 Å². The van der Waals surface area contributed by atoms with Crippen molar-refractivity contribution in [3.8, 4) is 0 Å². The molecule has 2 aromatic rings. The fourth-order valence-electron chi connectivity index (χ4n) is 1.90. The van der Waals surface area contributed by atoms with Gasteiger partial charge in [0.1, 0.15) is 0 Å². The monoisotopic (exact) mass is 265 g/mol. The minimum Gasteiger partial charge on any atom is -0.377 e. The highest BCUT2D eigenvalue weighted by Gasteiger charge is 2.05. The maximum absolute atomic E-state index is 10.5. The number of anilines is 2. The quantitative estimate of drug-likeness (QED) is 0.577. The summed E-state index contributed by atoms with van der Waals surface area (Å²) in [5.41, 5.74) is 4.51. The average Bonchev–Trinajstić information content (AvgIpc) is 2.35. The number of hydrogen-bond acceptors (Lipinski definition) is 4. The van der Waals surface area contributed by atoms with Crippen LogP contribution in [-0.4, -0.2) is 22.5 Å². The Balaban J connectivity index is 2.53. The highest BCUT2D eigenvalue weighted by Crippen LogP contribution is 2.30. The molecule has 0 amide bonds. The number of nitrogens with zero attached hydrogens (tertiary/aromatic N) is 1. The summed E-state index contributed by atoms with van der Waals surface area (Å²) in [6.45, 7) is 0. The Kier molecular flexibility index (Phi) is 3.69. The van der Waals surface area contributed by atoms with E-state index in [4.69, 9.17) is 0 Å². The topological polar surface area (TPSA) is 61.4 Å². The molecular formula is C12H15N3O2S. The molecule has 18 heavy (non-hydrogen) atoms. The first-order chi connectivity index (χ1) is 8.59. The van der Waals surface area contributed by atoms with Crippen molar-refractivity contribution in [2.75, 3.05) is 24.4 Å². The van der Waals surface area contributed by atoms with Crippen LogP contribution in [0.15, 0.2) is 36.4 Å². The maximum atomic E-state index is 10.5. The van der Waals surface area contributed by atoms with Gasteiger partial charge >= 0.3 is 0 Å². The van der Waals surface area contributed by atoms with Crippen LogP contribution in [0.5, 0.6) is 0 Å². The zero-order chi connectivity index (χ0) is 13.1. The zero-order valence-electron chi connectivity index (χ0n) is 10.2. The lowest BCUT2D eigenvalue weighted by Gasteiger charge is -2.17. The van der Waals surface area contributed by atoms with Crippen LogP contribution in [-0.2, 0) is 10.9 Å². The molecule has 2 rings (SSSR count). The van der Waals surface area contributed by atoms with Crippen LogP contribution in [0.25, 0.3) is 10.8 Å². The van der Waals surface area contributed by atoms with E-state index in [9.17, 15) is 8.42 Å². The van der Waals surface area contributed by atoms with Gasteiger partial charge in [-0.2, -0.15) is 0 Å². The number of hydrogen-bond donors (Lipinski definition) is 3. The lowest BCUT2D eigenvalue weighted by atomic mass is 10.1. The molecule has 0 saturated carbocycles. The van der Waals surface area contributed by atoms with Gasteiger partial charge in [0, 0.05) is 30.6 Å². The van der Waals surface area contributed by atoms with Gasteiger partial charge < -0.3 is 10.3 Å². The van der Waals surface area contributed by atoms with E-state index in [0.29, 0.717) is 0 Å². The van der Waals surface area contributed by atoms with Gasteiger partial charge in [-0.05, 0) is 12.1 Å². The lowest BCUT2D eigenvalue weighted by molar-refractivity contribution is 0.607. The first kappa shape index (κ1) is 12.7. The third-order valence-corrected chi connectivity index (χ3v) is 2.96. The SMILES string of the molecule is CN(C)c1cccc2c(NN[SH](=O)=O)cccc12. The minimum absolute atomic E-state index is 0.732. The predicted molar refractivity (Wildman–Crippen MR) is 75.3 cm³/mol. The summed E-state index contributed by atoms with van der Waals surface area (Å²) in [6, 6.07) is 11.6. The van der Waals surface area contributed by atoms with Crippen molar-refractivity contribution < 1.29 is 8.42 Å². The summed E-state index contributed by atoms with van der Waals surface area (Å²) in [5.74, 6) is 0.